The number of ether oxygens (including phenoxy) is 2. The van der Waals surface area contributed by atoms with Gasteiger partial charge in [-0.3, -0.25) is 0 Å². The van der Waals surface area contributed by atoms with E-state index in [9.17, 15) is 18.0 Å². The van der Waals surface area contributed by atoms with E-state index in [1.54, 1.807) is 13.0 Å². The number of esters is 1. The predicted molar refractivity (Wildman–Crippen MR) is 72.6 cm³/mol. The third kappa shape index (κ3) is 5.28. The second-order valence-electron chi connectivity index (χ2n) is 5.59. The monoisotopic (exact) mass is 304 g/mol. The summed E-state index contributed by atoms with van der Waals surface area (Å²) >= 11 is 0. The van der Waals surface area contributed by atoms with Crippen molar-refractivity contribution in [2.24, 2.45) is 0 Å². The van der Waals surface area contributed by atoms with Crippen molar-refractivity contribution in [3.05, 3.63) is 29.3 Å². The lowest BCUT2D eigenvalue weighted by atomic mass is 9.86. The Morgan fingerprint density at radius 3 is 2.29 bits per heavy atom. The summed E-state index contributed by atoms with van der Waals surface area (Å²) in [5.74, 6) is -0.812. The van der Waals surface area contributed by atoms with Gasteiger partial charge in [0.2, 0.25) is 0 Å². The van der Waals surface area contributed by atoms with Gasteiger partial charge in [-0.05, 0) is 30.0 Å². The smallest absolute Gasteiger partial charge is 0.422 e. The van der Waals surface area contributed by atoms with E-state index in [2.05, 4.69) is 0 Å². The molecule has 1 aromatic rings. The van der Waals surface area contributed by atoms with Crippen LogP contribution in [0.4, 0.5) is 13.2 Å². The van der Waals surface area contributed by atoms with E-state index in [1.807, 2.05) is 20.8 Å². The van der Waals surface area contributed by atoms with Gasteiger partial charge in [-0.25, -0.2) is 4.79 Å². The molecule has 0 spiro atoms. The number of carbonyl (C=O) groups excluding carboxylic acids is 1. The van der Waals surface area contributed by atoms with Crippen molar-refractivity contribution in [1.82, 2.24) is 0 Å². The van der Waals surface area contributed by atoms with Crippen LogP contribution in [-0.2, 0) is 10.2 Å². The van der Waals surface area contributed by atoms with E-state index < -0.39 is 18.8 Å². The second-order valence-corrected chi connectivity index (χ2v) is 5.59. The average molecular weight is 304 g/mol. The molecule has 21 heavy (non-hydrogen) atoms. The summed E-state index contributed by atoms with van der Waals surface area (Å²) in [6, 6.07) is 4.58. The van der Waals surface area contributed by atoms with E-state index in [0.29, 0.717) is 0 Å². The van der Waals surface area contributed by atoms with Crippen molar-refractivity contribution in [1.29, 1.82) is 0 Å². The molecule has 0 amide bonds. The van der Waals surface area contributed by atoms with E-state index in [0.717, 1.165) is 5.56 Å². The lowest BCUT2D eigenvalue weighted by Crippen LogP contribution is -2.21. The topological polar surface area (TPSA) is 35.5 Å². The molecule has 1 rings (SSSR count). The first-order valence-corrected chi connectivity index (χ1v) is 6.56. The molecule has 0 atom stereocenters. The van der Waals surface area contributed by atoms with Crippen LogP contribution in [0.5, 0.6) is 5.75 Å². The zero-order valence-corrected chi connectivity index (χ0v) is 12.5. The van der Waals surface area contributed by atoms with Crippen LogP contribution >= 0.6 is 0 Å². The lowest BCUT2D eigenvalue weighted by molar-refractivity contribution is -0.153. The maximum absolute atomic E-state index is 12.3. The molecule has 0 saturated carbocycles. The molecule has 0 heterocycles. The molecule has 0 aromatic heterocycles. The van der Waals surface area contributed by atoms with Gasteiger partial charge in [-0.1, -0.05) is 26.8 Å². The Morgan fingerprint density at radius 2 is 1.81 bits per heavy atom. The second kappa shape index (κ2) is 6.37. The molecule has 1 aromatic carbocycles. The SMILES string of the molecule is CCOC(=O)c1ccc(C(C)(C)C)cc1OCC(F)(F)F. The Bertz CT molecular complexity index is 502. The predicted octanol–water partition coefficient (Wildman–Crippen LogP) is 4.10. The maximum Gasteiger partial charge on any atom is 0.422 e. The average Bonchev–Trinajstić information content (AvgIpc) is 2.34. The highest BCUT2D eigenvalue weighted by Gasteiger charge is 2.30. The molecule has 0 N–H and O–H groups in total. The fraction of sp³-hybridized carbons (Fsp3) is 0.533. The van der Waals surface area contributed by atoms with Gasteiger partial charge in [0.15, 0.2) is 6.61 Å². The van der Waals surface area contributed by atoms with Crippen LogP contribution < -0.4 is 4.74 Å². The van der Waals surface area contributed by atoms with Gasteiger partial charge in [0.05, 0.1) is 6.61 Å². The quantitative estimate of drug-likeness (QED) is 0.786. The maximum atomic E-state index is 12.3. The van der Waals surface area contributed by atoms with Crippen LogP contribution in [0.15, 0.2) is 18.2 Å². The van der Waals surface area contributed by atoms with Crippen molar-refractivity contribution in [3.63, 3.8) is 0 Å². The van der Waals surface area contributed by atoms with Crippen molar-refractivity contribution in [3.8, 4) is 5.75 Å². The molecular weight excluding hydrogens is 285 g/mol. The van der Waals surface area contributed by atoms with Crippen molar-refractivity contribution >= 4 is 5.97 Å². The van der Waals surface area contributed by atoms with Gasteiger partial charge in [-0.15, -0.1) is 0 Å². The van der Waals surface area contributed by atoms with E-state index in [1.165, 1.54) is 12.1 Å². The summed E-state index contributed by atoms with van der Waals surface area (Å²) in [6.45, 7) is 6.06. The standard InChI is InChI=1S/C15H19F3O3/c1-5-20-13(19)11-7-6-10(14(2,3)4)8-12(11)21-9-15(16,17)18/h6-8H,5,9H2,1-4H3. The number of hydrogen-bond donors (Lipinski definition) is 0. The highest BCUT2D eigenvalue weighted by Crippen LogP contribution is 2.30. The highest BCUT2D eigenvalue weighted by atomic mass is 19.4. The number of carbonyl (C=O) groups is 1. The molecule has 0 aliphatic rings. The zero-order chi connectivity index (χ0) is 16.3. The molecule has 0 aliphatic heterocycles. The van der Waals surface area contributed by atoms with Gasteiger partial charge in [-0.2, -0.15) is 13.2 Å². The third-order valence-corrected chi connectivity index (χ3v) is 2.73. The van der Waals surface area contributed by atoms with Crippen molar-refractivity contribution in [2.45, 2.75) is 39.3 Å². The number of rotatable bonds is 4. The summed E-state index contributed by atoms with van der Waals surface area (Å²) in [6.07, 6.45) is -4.47. The van der Waals surface area contributed by atoms with Crippen LogP contribution in [0.3, 0.4) is 0 Å². The summed E-state index contributed by atoms with van der Waals surface area (Å²) in [5.41, 5.74) is 0.491. The van der Waals surface area contributed by atoms with Crippen LogP contribution in [0.1, 0.15) is 43.6 Å². The minimum Gasteiger partial charge on any atom is -0.483 e. The minimum atomic E-state index is -4.47. The molecular formula is C15H19F3O3. The molecule has 118 valence electrons. The summed E-state index contributed by atoms with van der Waals surface area (Å²) in [4.78, 5) is 11.8. The number of halogens is 3. The Hall–Kier alpha value is -1.72. The third-order valence-electron chi connectivity index (χ3n) is 2.73. The van der Waals surface area contributed by atoms with Gasteiger partial charge in [0, 0.05) is 0 Å². The summed E-state index contributed by atoms with van der Waals surface area (Å²) < 4.78 is 46.6. The molecule has 0 fully saturated rings. The lowest BCUT2D eigenvalue weighted by Gasteiger charge is -2.21. The molecule has 0 aliphatic carbocycles. The molecule has 3 nitrogen and oxygen atoms in total. The number of alkyl halides is 3. The Balaban J connectivity index is 3.15. The van der Waals surface area contributed by atoms with Crippen LogP contribution in [0.2, 0.25) is 0 Å². The van der Waals surface area contributed by atoms with E-state index >= 15 is 0 Å². The van der Waals surface area contributed by atoms with E-state index in [-0.39, 0.29) is 23.3 Å². The first-order chi connectivity index (χ1) is 9.54. The van der Waals surface area contributed by atoms with E-state index in [4.69, 9.17) is 9.47 Å². The van der Waals surface area contributed by atoms with Crippen LogP contribution in [-0.4, -0.2) is 25.4 Å². The van der Waals surface area contributed by atoms with Crippen LogP contribution in [0, 0.1) is 0 Å². The highest BCUT2D eigenvalue weighted by molar-refractivity contribution is 5.92. The Morgan fingerprint density at radius 1 is 1.19 bits per heavy atom. The molecule has 0 bridgehead atoms. The summed E-state index contributed by atoms with van der Waals surface area (Å²) in [7, 11) is 0. The first-order valence-electron chi connectivity index (χ1n) is 6.56. The van der Waals surface area contributed by atoms with Crippen LogP contribution in [0.25, 0.3) is 0 Å². The zero-order valence-electron chi connectivity index (χ0n) is 12.5. The van der Waals surface area contributed by atoms with Gasteiger partial charge in [0.25, 0.3) is 0 Å². The fourth-order valence-corrected chi connectivity index (χ4v) is 1.65. The molecule has 0 unspecified atom stereocenters. The Kier molecular flexibility index (Phi) is 5.25. The van der Waals surface area contributed by atoms with Gasteiger partial charge in [0.1, 0.15) is 11.3 Å². The first kappa shape index (κ1) is 17.3. The van der Waals surface area contributed by atoms with Gasteiger partial charge < -0.3 is 9.47 Å². The summed E-state index contributed by atoms with van der Waals surface area (Å²) in [5, 5.41) is 0. The largest absolute Gasteiger partial charge is 0.483 e. The number of benzene rings is 1. The molecule has 0 saturated heterocycles. The Labute approximate surface area is 122 Å². The minimum absolute atomic E-state index is 0.00546. The fourth-order valence-electron chi connectivity index (χ4n) is 1.65. The molecule has 6 heteroatoms. The van der Waals surface area contributed by atoms with Gasteiger partial charge >= 0.3 is 12.1 Å². The molecule has 0 radical (unpaired) electrons. The van der Waals surface area contributed by atoms with Crippen molar-refractivity contribution < 1.29 is 27.4 Å². The number of hydrogen-bond acceptors (Lipinski definition) is 3. The van der Waals surface area contributed by atoms with Crippen molar-refractivity contribution in [2.75, 3.05) is 13.2 Å². The normalized spacial score (nSPS) is 12.1.